The molecule has 1 aromatic rings. The summed E-state index contributed by atoms with van der Waals surface area (Å²) in [6.45, 7) is 1.64. The van der Waals surface area contributed by atoms with Crippen LogP contribution in [0.4, 0.5) is 10.1 Å². The molecule has 0 radical (unpaired) electrons. The highest BCUT2D eigenvalue weighted by molar-refractivity contribution is 7.99. The second-order valence-electron chi connectivity index (χ2n) is 4.52. The Labute approximate surface area is 106 Å². The van der Waals surface area contributed by atoms with E-state index in [1.807, 2.05) is 23.7 Å². The quantitative estimate of drug-likeness (QED) is 0.898. The number of hydrogen-bond acceptors (Lipinski definition) is 3. The van der Waals surface area contributed by atoms with Crippen LogP contribution in [0.1, 0.15) is 25.0 Å². The van der Waals surface area contributed by atoms with Crippen molar-refractivity contribution in [3.8, 4) is 0 Å². The van der Waals surface area contributed by atoms with Crippen LogP contribution >= 0.6 is 11.8 Å². The van der Waals surface area contributed by atoms with Crippen LogP contribution in [0.5, 0.6) is 0 Å². The highest BCUT2D eigenvalue weighted by Gasteiger charge is 2.22. The van der Waals surface area contributed by atoms with E-state index in [4.69, 9.17) is 0 Å². The van der Waals surface area contributed by atoms with E-state index in [2.05, 4.69) is 0 Å². The summed E-state index contributed by atoms with van der Waals surface area (Å²) in [5.41, 5.74) is 1.25. The first-order chi connectivity index (χ1) is 8.09. The maximum Gasteiger partial charge on any atom is 0.146 e. The summed E-state index contributed by atoms with van der Waals surface area (Å²) in [5.74, 6) is 1.97. The number of thioether (sulfide) groups is 1. The Morgan fingerprint density at radius 3 is 2.82 bits per heavy atom. The predicted octanol–water partition coefficient (Wildman–Crippen LogP) is 2.82. The minimum absolute atomic E-state index is 0.247. The van der Waals surface area contributed by atoms with Gasteiger partial charge in [0, 0.05) is 18.8 Å². The molecule has 0 amide bonds. The Balaban J connectivity index is 2.20. The molecule has 2 nitrogen and oxygen atoms in total. The number of benzene rings is 1. The number of hydrogen-bond donors (Lipinski definition) is 1. The van der Waals surface area contributed by atoms with E-state index in [1.165, 1.54) is 6.07 Å². The summed E-state index contributed by atoms with van der Waals surface area (Å²) < 4.78 is 14.0. The molecular weight excluding hydrogens is 237 g/mol. The fourth-order valence-corrected chi connectivity index (χ4v) is 3.36. The Morgan fingerprint density at radius 1 is 1.53 bits per heavy atom. The SMILES string of the molecule is C[C@@H](O)c1ccc(N(C)C2CCSC2)c(F)c1. The van der Waals surface area contributed by atoms with Crippen molar-refractivity contribution >= 4 is 17.4 Å². The molecule has 1 heterocycles. The lowest BCUT2D eigenvalue weighted by molar-refractivity contribution is 0.199. The summed E-state index contributed by atoms with van der Waals surface area (Å²) in [6.07, 6.45) is 0.490. The third kappa shape index (κ3) is 2.75. The van der Waals surface area contributed by atoms with Crippen molar-refractivity contribution in [2.75, 3.05) is 23.5 Å². The van der Waals surface area contributed by atoms with Gasteiger partial charge in [-0.15, -0.1) is 0 Å². The average Bonchev–Trinajstić information content (AvgIpc) is 2.81. The topological polar surface area (TPSA) is 23.5 Å². The zero-order chi connectivity index (χ0) is 12.4. The van der Waals surface area contributed by atoms with E-state index in [0.717, 1.165) is 17.9 Å². The monoisotopic (exact) mass is 255 g/mol. The van der Waals surface area contributed by atoms with Gasteiger partial charge in [-0.3, -0.25) is 0 Å². The maximum absolute atomic E-state index is 14.0. The zero-order valence-electron chi connectivity index (χ0n) is 10.2. The number of aliphatic hydroxyl groups is 1. The third-order valence-electron chi connectivity index (χ3n) is 3.29. The van der Waals surface area contributed by atoms with Gasteiger partial charge in [-0.2, -0.15) is 11.8 Å². The fraction of sp³-hybridized carbons (Fsp3) is 0.538. The highest BCUT2D eigenvalue weighted by Crippen LogP contribution is 2.29. The molecule has 1 fully saturated rings. The van der Waals surface area contributed by atoms with E-state index in [9.17, 15) is 9.50 Å². The van der Waals surface area contributed by atoms with Gasteiger partial charge in [0.05, 0.1) is 11.8 Å². The van der Waals surface area contributed by atoms with Crippen molar-refractivity contribution in [2.24, 2.45) is 0 Å². The summed E-state index contributed by atoms with van der Waals surface area (Å²) >= 11 is 1.91. The molecule has 0 aliphatic carbocycles. The number of nitrogens with zero attached hydrogens (tertiary/aromatic N) is 1. The Hall–Kier alpha value is -0.740. The summed E-state index contributed by atoms with van der Waals surface area (Å²) in [5, 5.41) is 9.41. The number of aliphatic hydroxyl groups excluding tert-OH is 1. The third-order valence-corrected chi connectivity index (χ3v) is 4.43. The molecule has 0 saturated carbocycles. The molecular formula is C13H18FNOS. The smallest absolute Gasteiger partial charge is 0.146 e. The molecule has 0 aromatic heterocycles. The van der Waals surface area contributed by atoms with Gasteiger partial charge >= 0.3 is 0 Å². The first-order valence-electron chi connectivity index (χ1n) is 5.87. The number of rotatable bonds is 3. The lowest BCUT2D eigenvalue weighted by atomic mass is 10.1. The molecule has 1 aromatic carbocycles. The van der Waals surface area contributed by atoms with Crippen LogP contribution < -0.4 is 4.90 Å². The Bertz CT molecular complexity index is 391. The van der Waals surface area contributed by atoms with Gasteiger partial charge in [0.25, 0.3) is 0 Å². The highest BCUT2D eigenvalue weighted by atomic mass is 32.2. The summed E-state index contributed by atoms with van der Waals surface area (Å²) in [6, 6.07) is 5.41. The molecule has 2 atom stereocenters. The van der Waals surface area contributed by atoms with Gasteiger partial charge < -0.3 is 10.0 Å². The zero-order valence-corrected chi connectivity index (χ0v) is 11.0. The van der Waals surface area contributed by atoms with Gasteiger partial charge in [-0.05, 0) is 36.8 Å². The number of halogens is 1. The van der Waals surface area contributed by atoms with Crippen molar-refractivity contribution in [1.29, 1.82) is 0 Å². The normalized spacial score (nSPS) is 21.5. The van der Waals surface area contributed by atoms with Crippen molar-refractivity contribution in [3.05, 3.63) is 29.6 Å². The van der Waals surface area contributed by atoms with E-state index in [-0.39, 0.29) is 5.82 Å². The Kier molecular flexibility index (Phi) is 3.94. The maximum atomic E-state index is 14.0. The van der Waals surface area contributed by atoms with Crippen molar-refractivity contribution in [1.82, 2.24) is 0 Å². The van der Waals surface area contributed by atoms with Gasteiger partial charge in [-0.1, -0.05) is 6.07 Å². The van der Waals surface area contributed by atoms with Crippen LogP contribution in [0.2, 0.25) is 0 Å². The van der Waals surface area contributed by atoms with Crippen LogP contribution in [-0.2, 0) is 0 Å². The van der Waals surface area contributed by atoms with Crippen LogP contribution in [0.3, 0.4) is 0 Å². The first kappa shape index (κ1) is 12.7. The fourth-order valence-electron chi connectivity index (χ4n) is 2.09. The predicted molar refractivity (Wildman–Crippen MR) is 71.2 cm³/mol. The minimum atomic E-state index is -0.620. The van der Waals surface area contributed by atoms with Crippen molar-refractivity contribution in [2.45, 2.75) is 25.5 Å². The van der Waals surface area contributed by atoms with Crippen molar-refractivity contribution in [3.63, 3.8) is 0 Å². The van der Waals surface area contributed by atoms with Crippen molar-refractivity contribution < 1.29 is 9.50 Å². The average molecular weight is 255 g/mol. The van der Waals surface area contributed by atoms with Crippen LogP contribution in [-0.4, -0.2) is 29.7 Å². The molecule has 1 unspecified atom stereocenters. The summed E-state index contributed by atoms with van der Waals surface area (Å²) in [7, 11) is 1.94. The molecule has 17 heavy (non-hydrogen) atoms. The molecule has 94 valence electrons. The second-order valence-corrected chi connectivity index (χ2v) is 5.66. The molecule has 1 aliphatic rings. The minimum Gasteiger partial charge on any atom is -0.389 e. The van der Waals surface area contributed by atoms with Gasteiger partial charge in [0.15, 0.2) is 0 Å². The van der Waals surface area contributed by atoms with Gasteiger partial charge in [-0.25, -0.2) is 4.39 Å². The van der Waals surface area contributed by atoms with Gasteiger partial charge in [0.1, 0.15) is 5.82 Å². The Morgan fingerprint density at radius 2 is 2.29 bits per heavy atom. The number of anilines is 1. The summed E-state index contributed by atoms with van der Waals surface area (Å²) in [4.78, 5) is 2.02. The lowest BCUT2D eigenvalue weighted by Crippen LogP contribution is -2.31. The van der Waals surface area contributed by atoms with E-state index < -0.39 is 6.10 Å². The first-order valence-corrected chi connectivity index (χ1v) is 7.03. The molecule has 0 bridgehead atoms. The van der Waals surface area contributed by atoms with E-state index in [0.29, 0.717) is 17.3 Å². The lowest BCUT2D eigenvalue weighted by Gasteiger charge is -2.26. The molecule has 1 N–H and O–H groups in total. The van der Waals surface area contributed by atoms with E-state index in [1.54, 1.807) is 19.1 Å². The van der Waals surface area contributed by atoms with Gasteiger partial charge in [0.2, 0.25) is 0 Å². The van der Waals surface area contributed by atoms with E-state index >= 15 is 0 Å². The molecule has 0 spiro atoms. The molecule has 2 rings (SSSR count). The molecule has 4 heteroatoms. The van der Waals surface area contributed by atoms with Crippen LogP contribution in [0, 0.1) is 5.82 Å². The standard InChI is InChI=1S/C13H18FNOS/c1-9(16)10-3-4-13(12(14)7-10)15(2)11-5-6-17-8-11/h3-4,7,9,11,16H,5-6,8H2,1-2H3/t9-,11?/m1/s1. The molecule has 1 aliphatic heterocycles. The second kappa shape index (κ2) is 5.27. The molecule has 1 saturated heterocycles. The largest absolute Gasteiger partial charge is 0.389 e. The van der Waals surface area contributed by atoms with Crippen LogP contribution in [0.25, 0.3) is 0 Å². The van der Waals surface area contributed by atoms with Crippen LogP contribution in [0.15, 0.2) is 18.2 Å².